The molecule has 2 aromatic heterocycles. The lowest BCUT2D eigenvalue weighted by molar-refractivity contribution is 0.0695. The zero-order valence-corrected chi connectivity index (χ0v) is 12.7. The molecule has 0 aliphatic rings. The summed E-state index contributed by atoms with van der Waals surface area (Å²) in [5.41, 5.74) is 4.60. The number of rotatable bonds is 3. The second-order valence-electron chi connectivity index (χ2n) is 5.63. The van der Waals surface area contributed by atoms with Crippen LogP contribution in [0.15, 0.2) is 36.7 Å². The molecule has 1 N–H and O–H groups in total. The van der Waals surface area contributed by atoms with Crippen LogP contribution < -0.4 is 0 Å². The summed E-state index contributed by atoms with van der Waals surface area (Å²) in [7, 11) is 0. The van der Waals surface area contributed by atoms with Crippen LogP contribution in [-0.4, -0.2) is 25.7 Å². The highest BCUT2D eigenvalue weighted by Crippen LogP contribution is 2.26. The Labute approximate surface area is 128 Å². The van der Waals surface area contributed by atoms with Crippen LogP contribution in [-0.2, 0) is 0 Å². The zero-order valence-electron chi connectivity index (χ0n) is 12.7. The van der Waals surface area contributed by atoms with Gasteiger partial charge in [-0.25, -0.2) is 14.3 Å². The fourth-order valence-corrected chi connectivity index (χ4v) is 2.51. The molecule has 2 heterocycles. The average molecular weight is 295 g/mol. The van der Waals surface area contributed by atoms with E-state index in [9.17, 15) is 4.79 Å². The summed E-state index contributed by atoms with van der Waals surface area (Å²) in [6.07, 6.45) is 3.12. The van der Waals surface area contributed by atoms with Crippen molar-refractivity contribution < 1.29 is 9.90 Å². The first-order valence-corrected chi connectivity index (χ1v) is 7.16. The smallest absolute Gasteiger partial charge is 0.339 e. The van der Waals surface area contributed by atoms with Gasteiger partial charge in [0, 0.05) is 11.8 Å². The molecule has 0 saturated heterocycles. The SMILES string of the molecule is Cc1c(C(=O)O)cnc2c(-c3ccc(C(C)C)cc3)cnn12. The van der Waals surface area contributed by atoms with E-state index < -0.39 is 5.97 Å². The summed E-state index contributed by atoms with van der Waals surface area (Å²) >= 11 is 0. The molecule has 1 aromatic carbocycles. The molecule has 5 heteroatoms. The van der Waals surface area contributed by atoms with E-state index in [2.05, 4.69) is 48.2 Å². The summed E-state index contributed by atoms with van der Waals surface area (Å²) in [6, 6.07) is 8.30. The lowest BCUT2D eigenvalue weighted by Crippen LogP contribution is -2.06. The van der Waals surface area contributed by atoms with E-state index in [4.69, 9.17) is 5.11 Å². The molecule has 0 saturated carbocycles. The van der Waals surface area contributed by atoms with Gasteiger partial charge in [-0.2, -0.15) is 5.10 Å². The molecule has 0 aliphatic heterocycles. The van der Waals surface area contributed by atoms with Crippen molar-refractivity contribution in [3.05, 3.63) is 53.5 Å². The van der Waals surface area contributed by atoms with Crippen LogP contribution in [0.2, 0.25) is 0 Å². The standard InChI is InChI=1S/C17H17N3O2/c1-10(2)12-4-6-13(7-5-12)15-9-19-20-11(3)14(17(21)22)8-18-16(15)20/h4-10H,1-3H3,(H,21,22). The van der Waals surface area contributed by atoms with Crippen molar-refractivity contribution in [3.63, 3.8) is 0 Å². The summed E-state index contributed by atoms with van der Waals surface area (Å²) in [5.74, 6) is -0.512. The molecule has 0 aliphatic carbocycles. The van der Waals surface area contributed by atoms with Crippen molar-refractivity contribution in [2.75, 3.05) is 0 Å². The Kier molecular flexibility index (Phi) is 3.41. The molecular weight excluding hydrogens is 278 g/mol. The van der Waals surface area contributed by atoms with Gasteiger partial charge in [0.05, 0.1) is 17.5 Å². The lowest BCUT2D eigenvalue weighted by atomic mass is 10.00. The highest BCUT2D eigenvalue weighted by Gasteiger charge is 2.15. The normalized spacial score (nSPS) is 11.3. The largest absolute Gasteiger partial charge is 0.478 e. The number of aryl methyl sites for hydroxylation is 1. The third-order valence-electron chi connectivity index (χ3n) is 3.89. The van der Waals surface area contributed by atoms with E-state index in [0.717, 1.165) is 11.1 Å². The summed E-state index contributed by atoms with van der Waals surface area (Å²) in [4.78, 5) is 15.4. The summed E-state index contributed by atoms with van der Waals surface area (Å²) < 4.78 is 1.58. The van der Waals surface area contributed by atoms with E-state index in [1.165, 1.54) is 11.8 Å². The fourth-order valence-electron chi connectivity index (χ4n) is 2.51. The summed E-state index contributed by atoms with van der Waals surface area (Å²) in [6.45, 7) is 6.04. The van der Waals surface area contributed by atoms with Gasteiger partial charge in [-0.3, -0.25) is 0 Å². The predicted octanol–water partition coefficient (Wildman–Crippen LogP) is 3.53. The average Bonchev–Trinajstić information content (AvgIpc) is 2.92. The van der Waals surface area contributed by atoms with Crippen molar-refractivity contribution in [1.82, 2.24) is 14.6 Å². The molecule has 3 aromatic rings. The van der Waals surface area contributed by atoms with Gasteiger partial charge < -0.3 is 5.11 Å². The van der Waals surface area contributed by atoms with Crippen molar-refractivity contribution in [2.24, 2.45) is 0 Å². The number of carboxylic acid groups (broad SMARTS) is 1. The van der Waals surface area contributed by atoms with Gasteiger partial charge in [0.2, 0.25) is 0 Å². The molecule has 22 heavy (non-hydrogen) atoms. The monoisotopic (exact) mass is 295 g/mol. The maximum absolute atomic E-state index is 11.2. The molecule has 3 rings (SSSR count). The Morgan fingerprint density at radius 2 is 1.86 bits per heavy atom. The maximum atomic E-state index is 11.2. The Bertz CT molecular complexity index is 848. The van der Waals surface area contributed by atoms with Crippen LogP contribution in [0.25, 0.3) is 16.8 Å². The van der Waals surface area contributed by atoms with E-state index in [1.807, 2.05) is 0 Å². The molecule has 0 amide bonds. The van der Waals surface area contributed by atoms with Gasteiger partial charge >= 0.3 is 5.97 Å². The van der Waals surface area contributed by atoms with E-state index in [1.54, 1.807) is 17.6 Å². The zero-order chi connectivity index (χ0) is 15.9. The van der Waals surface area contributed by atoms with Gasteiger partial charge in [0.15, 0.2) is 5.65 Å². The molecule has 112 valence electrons. The molecule has 0 unspecified atom stereocenters. The Balaban J connectivity index is 2.12. The number of fused-ring (bicyclic) bond motifs is 1. The van der Waals surface area contributed by atoms with Gasteiger partial charge in [-0.1, -0.05) is 38.1 Å². The molecule has 0 spiro atoms. The predicted molar refractivity (Wildman–Crippen MR) is 84.2 cm³/mol. The molecule has 0 radical (unpaired) electrons. The Hall–Kier alpha value is -2.69. The van der Waals surface area contributed by atoms with Crippen LogP contribution >= 0.6 is 0 Å². The number of nitrogens with zero attached hydrogens (tertiary/aromatic N) is 3. The Morgan fingerprint density at radius 3 is 2.45 bits per heavy atom. The van der Waals surface area contributed by atoms with Gasteiger partial charge in [0.1, 0.15) is 0 Å². The first-order chi connectivity index (χ1) is 10.5. The first-order valence-electron chi connectivity index (χ1n) is 7.16. The quantitative estimate of drug-likeness (QED) is 0.802. The highest BCUT2D eigenvalue weighted by atomic mass is 16.4. The van der Waals surface area contributed by atoms with Gasteiger partial charge in [-0.15, -0.1) is 0 Å². The van der Waals surface area contributed by atoms with Crippen molar-refractivity contribution >= 4 is 11.6 Å². The van der Waals surface area contributed by atoms with Crippen molar-refractivity contribution in [3.8, 4) is 11.1 Å². The number of benzene rings is 1. The third kappa shape index (κ3) is 2.24. The number of carbonyl (C=O) groups is 1. The topological polar surface area (TPSA) is 67.5 Å². The first kappa shape index (κ1) is 14.3. The molecule has 0 bridgehead atoms. The van der Waals surface area contributed by atoms with Crippen molar-refractivity contribution in [1.29, 1.82) is 0 Å². The number of hydrogen-bond acceptors (Lipinski definition) is 3. The number of hydrogen-bond donors (Lipinski definition) is 1. The molecular formula is C17H17N3O2. The molecule has 0 fully saturated rings. The van der Waals surface area contributed by atoms with Crippen LogP contribution in [0.3, 0.4) is 0 Å². The highest BCUT2D eigenvalue weighted by molar-refractivity contribution is 5.89. The molecule has 5 nitrogen and oxygen atoms in total. The Morgan fingerprint density at radius 1 is 1.18 bits per heavy atom. The lowest BCUT2D eigenvalue weighted by Gasteiger charge is -2.07. The van der Waals surface area contributed by atoms with Crippen LogP contribution in [0, 0.1) is 6.92 Å². The van der Waals surface area contributed by atoms with Crippen LogP contribution in [0.5, 0.6) is 0 Å². The van der Waals surface area contributed by atoms with E-state index in [0.29, 0.717) is 17.3 Å². The van der Waals surface area contributed by atoms with E-state index >= 15 is 0 Å². The van der Waals surface area contributed by atoms with Crippen molar-refractivity contribution in [2.45, 2.75) is 26.7 Å². The fraction of sp³-hybridized carbons (Fsp3) is 0.235. The third-order valence-corrected chi connectivity index (χ3v) is 3.89. The maximum Gasteiger partial charge on any atom is 0.339 e. The summed E-state index contributed by atoms with van der Waals surface area (Å²) in [5, 5.41) is 13.4. The number of aromatic carboxylic acids is 1. The van der Waals surface area contributed by atoms with Crippen LogP contribution in [0.1, 0.15) is 41.4 Å². The number of carboxylic acids is 1. The second-order valence-corrected chi connectivity index (χ2v) is 5.63. The minimum absolute atomic E-state index is 0.164. The molecule has 0 atom stereocenters. The second kappa shape index (κ2) is 5.26. The number of aromatic nitrogens is 3. The van der Waals surface area contributed by atoms with Gasteiger partial charge in [-0.05, 0) is 24.0 Å². The van der Waals surface area contributed by atoms with Crippen LogP contribution in [0.4, 0.5) is 0 Å². The minimum atomic E-state index is -0.995. The van der Waals surface area contributed by atoms with E-state index in [-0.39, 0.29) is 5.56 Å². The minimum Gasteiger partial charge on any atom is -0.478 e. The van der Waals surface area contributed by atoms with Gasteiger partial charge in [0.25, 0.3) is 0 Å².